The molecular formula is C25H26N4O3. The standard InChI is InChI=1S/C25H26N4O3/c1-15(2)22(29-24(31)17-8-5-6-9-18(17)25(29)32)23(30)26-16-11-12-20-19(14-16)27-21-10-4-3-7-13-28(20)21/h5-6,8-9,11-12,14-15,22H,3-4,7,10,13H2,1-2H3,(H,26,30). The van der Waals surface area contributed by atoms with Gasteiger partial charge in [-0.1, -0.05) is 32.4 Å². The third-order valence-electron chi connectivity index (χ3n) is 6.38. The van der Waals surface area contributed by atoms with E-state index in [1.165, 1.54) is 6.42 Å². The lowest BCUT2D eigenvalue weighted by Crippen LogP contribution is -2.50. The predicted molar refractivity (Wildman–Crippen MR) is 121 cm³/mol. The van der Waals surface area contributed by atoms with E-state index in [-0.39, 0.29) is 11.8 Å². The molecule has 1 aromatic heterocycles. The smallest absolute Gasteiger partial charge is 0.262 e. The van der Waals surface area contributed by atoms with Gasteiger partial charge in [0.2, 0.25) is 5.91 Å². The number of nitrogens with zero attached hydrogens (tertiary/aromatic N) is 3. The first kappa shape index (κ1) is 20.4. The van der Waals surface area contributed by atoms with Crippen molar-refractivity contribution in [3.8, 4) is 0 Å². The first-order valence-electron chi connectivity index (χ1n) is 11.2. The number of imidazole rings is 1. The number of fused-ring (bicyclic) bond motifs is 4. The maximum Gasteiger partial charge on any atom is 0.262 e. The number of imide groups is 1. The second kappa shape index (κ2) is 7.89. The molecule has 0 spiro atoms. The summed E-state index contributed by atoms with van der Waals surface area (Å²) >= 11 is 0. The van der Waals surface area contributed by atoms with Gasteiger partial charge in [-0.25, -0.2) is 4.98 Å². The summed E-state index contributed by atoms with van der Waals surface area (Å²) in [6.07, 6.45) is 4.47. The largest absolute Gasteiger partial charge is 0.328 e. The molecule has 2 aromatic carbocycles. The van der Waals surface area contributed by atoms with Crippen molar-refractivity contribution >= 4 is 34.4 Å². The van der Waals surface area contributed by atoms with E-state index < -0.39 is 17.9 Å². The predicted octanol–water partition coefficient (Wildman–Crippen LogP) is 4.02. The van der Waals surface area contributed by atoms with Crippen LogP contribution < -0.4 is 5.32 Å². The number of nitrogens with one attached hydrogen (secondary N) is 1. The maximum atomic E-state index is 13.3. The number of benzene rings is 2. The average Bonchev–Trinajstić information content (AvgIpc) is 3.11. The SMILES string of the molecule is CC(C)C(C(=O)Nc1ccc2c(c1)nc1n2CCCCC1)N1C(=O)c2ccccc2C1=O. The van der Waals surface area contributed by atoms with Crippen LogP contribution in [0.3, 0.4) is 0 Å². The lowest BCUT2D eigenvalue weighted by atomic mass is 10.0. The number of rotatable bonds is 4. The zero-order valence-electron chi connectivity index (χ0n) is 18.3. The Morgan fingerprint density at radius 2 is 1.72 bits per heavy atom. The van der Waals surface area contributed by atoms with E-state index in [2.05, 4.69) is 9.88 Å². The fourth-order valence-corrected chi connectivity index (χ4v) is 4.82. The fraction of sp³-hybridized carbons (Fsp3) is 0.360. The van der Waals surface area contributed by atoms with Crippen LogP contribution in [0.2, 0.25) is 0 Å². The molecule has 0 fully saturated rings. The molecule has 0 saturated heterocycles. The number of amides is 3. The first-order valence-corrected chi connectivity index (χ1v) is 11.2. The molecule has 7 nitrogen and oxygen atoms in total. The van der Waals surface area contributed by atoms with Crippen molar-refractivity contribution in [2.24, 2.45) is 5.92 Å². The molecule has 0 aliphatic carbocycles. The molecule has 7 heteroatoms. The Morgan fingerprint density at radius 1 is 1.00 bits per heavy atom. The minimum absolute atomic E-state index is 0.246. The molecule has 3 amide bonds. The number of hydrogen-bond acceptors (Lipinski definition) is 4. The number of anilines is 1. The van der Waals surface area contributed by atoms with Gasteiger partial charge < -0.3 is 9.88 Å². The molecule has 0 bridgehead atoms. The highest BCUT2D eigenvalue weighted by Gasteiger charge is 2.43. The Kier molecular flexibility index (Phi) is 5.04. The zero-order valence-corrected chi connectivity index (χ0v) is 18.3. The first-order chi connectivity index (χ1) is 15.5. The summed E-state index contributed by atoms with van der Waals surface area (Å²) in [7, 11) is 0. The highest BCUT2D eigenvalue weighted by atomic mass is 16.2. The molecule has 1 N–H and O–H groups in total. The normalized spacial score (nSPS) is 16.8. The summed E-state index contributed by atoms with van der Waals surface area (Å²) in [6.45, 7) is 4.64. The van der Waals surface area contributed by atoms with Crippen LogP contribution >= 0.6 is 0 Å². The summed E-state index contributed by atoms with van der Waals surface area (Å²) in [5, 5.41) is 2.92. The second-order valence-corrected chi connectivity index (χ2v) is 8.90. The number of aromatic nitrogens is 2. The maximum absolute atomic E-state index is 13.3. The summed E-state index contributed by atoms with van der Waals surface area (Å²) in [4.78, 5) is 45.0. The third kappa shape index (κ3) is 3.28. The molecule has 1 atom stereocenters. The highest BCUT2D eigenvalue weighted by Crippen LogP contribution is 2.29. The molecule has 3 heterocycles. The van der Waals surface area contributed by atoms with Crippen LogP contribution in [0.4, 0.5) is 5.69 Å². The summed E-state index contributed by atoms with van der Waals surface area (Å²) < 4.78 is 2.27. The number of carbonyl (C=O) groups excluding carboxylic acids is 3. The Bertz CT molecular complexity index is 1210. The molecule has 0 saturated carbocycles. The van der Waals surface area contributed by atoms with Crippen molar-refractivity contribution < 1.29 is 14.4 Å². The van der Waals surface area contributed by atoms with E-state index in [4.69, 9.17) is 4.98 Å². The van der Waals surface area contributed by atoms with E-state index in [0.717, 1.165) is 47.6 Å². The van der Waals surface area contributed by atoms with Gasteiger partial charge in [0.15, 0.2) is 0 Å². The number of carbonyl (C=O) groups is 3. The Labute approximate surface area is 186 Å². The molecule has 0 radical (unpaired) electrons. The van der Waals surface area contributed by atoms with Crippen LogP contribution in [-0.2, 0) is 17.8 Å². The van der Waals surface area contributed by atoms with Crippen molar-refractivity contribution in [1.29, 1.82) is 0 Å². The molecule has 3 aromatic rings. The van der Waals surface area contributed by atoms with Crippen LogP contribution in [0.15, 0.2) is 42.5 Å². The van der Waals surface area contributed by atoms with E-state index in [0.29, 0.717) is 16.8 Å². The summed E-state index contributed by atoms with van der Waals surface area (Å²) in [6, 6.07) is 11.5. The van der Waals surface area contributed by atoms with E-state index in [1.807, 2.05) is 32.0 Å². The Hall–Kier alpha value is -3.48. The Balaban J connectivity index is 1.42. The van der Waals surface area contributed by atoms with Crippen molar-refractivity contribution in [3.63, 3.8) is 0 Å². The van der Waals surface area contributed by atoms with Crippen molar-refractivity contribution in [2.75, 3.05) is 5.32 Å². The third-order valence-corrected chi connectivity index (χ3v) is 6.38. The van der Waals surface area contributed by atoms with Crippen LogP contribution in [0.25, 0.3) is 11.0 Å². The number of aryl methyl sites for hydroxylation is 2. The van der Waals surface area contributed by atoms with Gasteiger partial charge in [0.25, 0.3) is 11.8 Å². The second-order valence-electron chi connectivity index (χ2n) is 8.90. The van der Waals surface area contributed by atoms with Crippen LogP contribution in [0.5, 0.6) is 0 Å². The van der Waals surface area contributed by atoms with E-state index in [9.17, 15) is 14.4 Å². The lowest BCUT2D eigenvalue weighted by molar-refractivity contribution is -0.121. The zero-order chi connectivity index (χ0) is 22.4. The molecule has 2 aliphatic rings. The van der Waals surface area contributed by atoms with E-state index in [1.54, 1.807) is 24.3 Å². The van der Waals surface area contributed by atoms with Gasteiger partial charge in [-0.05, 0) is 49.1 Å². The average molecular weight is 431 g/mol. The number of hydrogen-bond donors (Lipinski definition) is 1. The minimum atomic E-state index is -0.906. The van der Waals surface area contributed by atoms with E-state index >= 15 is 0 Å². The van der Waals surface area contributed by atoms with Gasteiger partial charge >= 0.3 is 0 Å². The van der Waals surface area contributed by atoms with Gasteiger partial charge in [0, 0.05) is 18.7 Å². The van der Waals surface area contributed by atoms with Crippen LogP contribution in [0.1, 0.15) is 59.7 Å². The summed E-state index contributed by atoms with van der Waals surface area (Å²) in [5.74, 6) is -0.383. The van der Waals surface area contributed by atoms with Gasteiger partial charge in [-0.2, -0.15) is 0 Å². The summed E-state index contributed by atoms with van der Waals surface area (Å²) in [5.41, 5.74) is 3.22. The molecule has 32 heavy (non-hydrogen) atoms. The Morgan fingerprint density at radius 3 is 2.41 bits per heavy atom. The van der Waals surface area contributed by atoms with Crippen LogP contribution in [-0.4, -0.2) is 38.2 Å². The van der Waals surface area contributed by atoms with Gasteiger partial charge in [0.05, 0.1) is 22.2 Å². The quantitative estimate of drug-likeness (QED) is 0.634. The lowest BCUT2D eigenvalue weighted by Gasteiger charge is -2.28. The van der Waals surface area contributed by atoms with Crippen LogP contribution in [0, 0.1) is 5.92 Å². The van der Waals surface area contributed by atoms with Gasteiger partial charge in [-0.3, -0.25) is 19.3 Å². The van der Waals surface area contributed by atoms with Gasteiger partial charge in [-0.15, -0.1) is 0 Å². The molecule has 1 unspecified atom stereocenters. The highest BCUT2D eigenvalue weighted by molar-refractivity contribution is 6.23. The molecule has 5 rings (SSSR count). The topological polar surface area (TPSA) is 84.3 Å². The van der Waals surface area contributed by atoms with Crippen molar-refractivity contribution in [3.05, 3.63) is 59.4 Å². The van der Waals surface area contributed by atoms with Crippen molar-refractivity contribution in [1.82, 2.24) is 14.5 Å². The van der Waals surface area contributed by atoms with Crippen molar-refractivity contribution in [2.45, 2.75) is 52.1 Å². The monoisotopic (exact) mass is 430 g/mol. The minimum Gasteiger partial charge on any atom is -0.328 e. The molecule has 164 valence electrons. The molecule has 2 aliphatic heterocycles. The van der Waals surface area contributed by atoms with Gasteiger partial charge in [0.1, 0.15) is 11.9 Å². The molecular weight excluding hydrogens is 404 g/mol. The fourth-order valence-electron chi connectivity index (χ4n) is 4.82.